The lowest BCUT2D eigenvalue weighted by Gasteiger charge is -2.04. The highest BCUT2D eigenvalue weighted by Crippen LogP contribution is 2.11. The van der Waals surface area contributed by atoms with Crippen molar-refractivity contribution in [3.63, 3.8) is 0 Å². The first kappa shape index (κ1) is 10.7. The third-order valence-corrected chi connectivity index (χ3v) is 3.06. The van der Waals surface area contributed by atoms with Crippen LogP contribution >= 0.6 is 11.3 Å². The quantitative estimate of drug-likeness (QED) is 0.834. The molecule has 16 heavy (non-hydrogen) atoms. The van der Waals surface area contributed by atoms with Crippen molar-refractivity contribution in [2.75, 3.05) is 5.73 Å². The first-order valence-electron chi connectivity index (χ1n) is 4.76. The molecule has 1 amide bonds. The summed E-state index contributed by atoms with van der Waals surface area (Å²) >= 11 is 1.60. The summed E-state index contributed by atoms with van der Waals surface area (Å²) in [4.78, 5) is 12.9. The van der Waals surface area contributed by atoms with E-state index in [1.165, 1.54) is 10.9 Å². The van der Waals surface area contributed by atoms with E-state index in [0.717, 1.165) is 4.88 Å². The number of thiophene rings is 1. The molecular formula is C10H12N4OS. The zero-order valence-corrected chi connectivity index (χ0v) is 9.62. The maximum atomic E-state index is 11.8. The van der Waals surface area contributed by atoms with Crippen LogP contribution in [-0.4, -0.2) is 15.7 Å². The van der Waals surface area contributed by atoms with Crippen LogP contribution < -0.4 is 11.1 Å². The Bertz CT molecular complexity index is 469. The van der Waals surface area contributed by atoms with E-state index in [1.807, 2.05) is 17.5 Å². The molecular weight excluding hydrogens is 224 g/mol. The molecule has 0 spiro atoms. The highest BCUT2D eigenvalue weighted by molar-refractivity contribution is 7.09. The smallest absolute Gasteiger partial charge is 0.271 e. The number of nitrogen functional groups attached to an aromatic ring is 1. The lowest BCUT2D eigenvalue weighted by Crippen LogP contribution is -2.25. The topological polar surface area (TPSA) is 72.9 Å². The van der Waals surface area contributed by atoms with Gasteiger partial charge in [-0.2, -0.15) is 5.10 Å². The molecule has 2 aromatic rings. The Morgan fingerprint density at radius 3 is 3.06 bits per heavy atom. The van der Waals surface area contributed by atoms with Crippen molar-refractivity contribution in [2.24, 2.45) is 7.05 Å². The summed E-state index contributed by atoms with van der Waals surface area (Å²) in [6.07, 6.45) is 1.47. The fourth-order valence-corrected chi connectivity index (χ4v) is 2.04. The number of nitrogens with one attached hydrogen (secondary N) is 1. The van der Waals surface area contributed by atoms with Gasteiger partial charge in [-0.25, -0.2) is 0 Å². The van der Waals surface area contributed by atoms with Crippen molar-refractivity contribution >= 4 is 22.9 Å². The standard InChI is InChI=1S/C10H12N4OS/c1-14-9(8(11)6-13-14)10(15)12-5-7-3-2-4-16-7/h2-4,6H,5,11H2,1H3,(H,12,15). The number of hydrogen-bond donors (Lipinski definition) is 2. The van der Waals surface area contributed by atoms with Gasteiger partial charge in [0, 0.05) is 11.9 Å². The van der Waals surface area contributed by atoms with Gasteiger partial charge in [0.05, 0.1) is 18.4 Å². The number of nitrogens with two attached hydrogens (primary N) is 1. The van der Waals surface area contributed by atoms with E-state index in [4.69, 9.17) is 5.73 Å². The first-order valence-corrected chi connectivity index (χ1v) is 5.64. The van der Waals surface area contributed by atoms with Gasteiger partial charge in [-0.1, -0.05) is 6.07 Å². The minimum absolute atomic E-state index is 0.203. The molecule has 0 aliphatic rings. The van der Waals surface area contributed by atoms with E-state index in [-0.39, 0.29) is 5.91 Å². The highest BCUT2D eigenvalue weighted by Gasteiger charge is 2.14. The second-order valence-electron chi connectivity index (χ2n) is 3.33. The number of anilines is 1. The van der Waals surface area contributed by atoms with E-state index in [1.54, 1.807) is 18.4 Å². The predicted molar refractivity (Wildman–Crippen MR) is 63.1 cm³/mol. The van der Waals surface area contributed by atoms with Crippen LogP contribution in [0.15, 0.2) is 23.7 Å². The van der Waals surface area contributed by atoms with Gasteiger partial charge in [-0.3, -0.25) is 9.48 Å². The second kappa shape index (κ2) is 4.36. The van der Waals surface area contributed by atoms with E-state index in [0.29, 0.717) is 17.9 Å². The molecule has 0 aromatic carbocycles. The van der Waals surface area contributed by atoms with Gasteiger partial charge in [-0.05, 0) is 11.4 Å². The molecule has 84 valence electrons. The van der Waals surface area contributed by atoms with Crippen LogP contribution in [0, 0.1) is 0 Å². The van der Waals surface area contributed by atoms with Crippen LogP contribution in [0.25, 0.3) is 0 Å². The molecule has 0 radical (unpaired) electrons. The largest absolute Gasteiger partial charge is 0.396 e. The van der Waals surface area contributed by atoms with E-state index >= 15 is 0 Å². The molecule has 2 rings (SSSR count). The SMILES string of the molecule is Cn1ncc(N)c1C(=O)NCc1cccs1. The third kappa shape index (κ3) is 2.06. The number of carbonyl (C=O) groups is 1. The first-order chi connectivity index (χ1) is 7.68. The number of aromatic nitrogens is 2. The number of aryl methyl sites for hydroxylation is 1. The summed E-state index contributed by atoms with van der Waals surface area (Å²) in [5.74, 6) is -0.203. The number of carbonyl (C=O) groups excluding carboxylic acids is 1. The van der Waals surface area contributed by atoms with Crippen molar-refractivity contribution in [3.8, 4) is 0 Å². The zero-order chi connectivity index (χ0) is 11.5. The Labute approximate surface area is 96.9 Å². The van der Waals surface area contributed by atoms with E-state index in [2.05, 4.69) is 10.4 Å². The van der Waals surface area contributed by atoms with Crippen LogP contribution in [0.3, 0.4) is 0 Å². The molecule has 0 bridgehead atoms. The number of nitrogens with zero attached hydrogens (tertiary/aromatic N) is 2. The Balaban J connectivity index is 2.04. The average molecular weight is 236 g/mol. The molecule has 2 aromatic heterocycles. The van der Waals surface area contributed by atoms with Crippen molar-refractivity contribution in [2.45, 2.75) is 6.54 Å². The third-order valence-electron chi connectivity index (χ3n) is 2.19. The molecule has 0 aliphatic heterocycles. The monoisotopic (exact) mass is 236 g/mol. The molecule has 5 nitrogen and oxygen atoms in total. The predicted octanol–water partition coefficient (Wildman–Crippen LogP) is 0.994. The van der Waals surface area contributed by atoms with Crippen molar-refractivity contribution in [1.82, 2.24) is 15.1 Å². The Hall–Kier alpha value is -1.82. The Morgan fingerprint density at radius 2 is 2.50 bits per heavy atom. The van der Waals surface area contributed by atoms with Gasteiger partial charge >= 0.3 is 0 Å². The summed E-state index contributed by atoms with van der Waals surface area (Å²) in [6, 6.07) is 3.92. The summed E-state index contributed by atoms with van der Waals surface area (Å²) < 4.78 is 1.47. The maximum absolute atomic E-state index is 11.8. The summed E-state index contributed by atoms with van der Waals surface area (Å²) in [7, 11) is 1.69. The second-order valence-corrected chi connectivity index (χ2v) is 4.37. The van der Waals surface area contributed by atoms with Crippen LogP contribution in [0.4, 0.5) is 5.69 Å². The number of amides is 1. The molecule has 0 unspecified atom stereocenters. The van der Waals surface area contributed by atoms with Gasteiger partial charge in [-0.15, -0.1) is 11.3 Å². The van der Waals surface area contributed by atoms with Crippen LogP contribution in [0.1, 0.15) is 15.4 Å². The average Bonchev–Trinajstić information content (AvgIpc) is 2.86. The minimum atomic E-state index is -0.203. The zero-order valence-electron chi connectivity index (χ0n) is 8.80. The molecule has 0 saturated carbocycles. The molecule has 0 saturated heterocycles. The lowest BCUT2D eigenvalue weighted by atomic mass is 10.3. The fraction of sp³-hybridized carbons (Fsp3) is 0.200. The van der Waals surface area contributed by atoms with Crippen LogP contribution in [0.5, 0.6) is 0 Å². The number of hydrogen-bond acceptors (Lipinski definition) is 4. The van der Waals surface area contributed by atoms with Gasteiger partial charge in [0.1, 0.15) is 5.69 Å². The summed E-state index contributed by atoms with van der Waals surface area (Å²) in [6.45, 7) is 0.515. The lowest BCUT2D eigenvalue weighted by molar-refractivity contribution is 0.0943. The van der Waals surface area contributed by atoms with Crippen molar-refractivity contribution in [3.05, 3.63) is 34.3 Å². The maximum Gasteiger partial charge on any atom is 0.271 e. The van der Waals surface area contributed by atoms with Crippen molar-refractivity contribution < 1.29 is 4.79 Å². The van der Waals surface area contributed by atoms with E-state index < -0.39 is 0 Å². The van der Waals surface area contributed by atoms with Gasteiger partial charge in [0.15, 0.2) is 0 Å². The number of rotatable bonds is 3. The van der Waals surface area contributed by atoms with Gasteiger partial charge < -0.3 is 11.1 Å². The van der Waals surface area contributed by atoms with Crippen molar-refractivity contribution in [1.29, 1.82) is 0 Å². The van der Waals surface area contributed by atoms with Crippen LogP contribution in [-0.2, 0) is 13.6 Å². The molecule has 6 heteroatoms. The Morgan fingerprint density at radius 1 is 1.69 bits per heavy atom. The summed E-state index contributed by atoms with van der Waals surface area (Å²) in [5.41, 5.74) is 6.44. The molecule has 3 N–H and O–H groups in total. The Kier molecular flexibility index (Phi) is 2.91. The molecule has 2 heterocycles. The minimum Gasteiger partial charge on any atom is -0.396 e. The van der Waals surface area contributed by atoms with E-state index in [9.17, 15) is 4.79 Å². The molecule has 0 atom stereocenters. The molecule has 0 fully saturated rings. The highest BCUT2D eigenvalue weighted by atomic mass is 32.1. The molecule has 0 aliphatic carbocycles. The summed E-state index contributed by atoms with van der Waals surface area (Å²) in [5, 5.41) is 8.69. The normalized spacial score (nSPS) is 10.3. The van der Waals surface area contributed by atoms with Gasteiger partial charge in [0.25, 0.3) is 5.91 Å². The fourth-order valence-electron chi connectivity index (χ4n) is 1.40. The van der Waals surface area contributed by atoms with Gasteiger partial charge in [0.2, 0.25) is 0 Å². The van der Waals surface area contributed by atoms with Crippen LogP contribution in [0.2, 0.25) is 0 Å².